The van der Waals surface area contributed by atoms with Crippen LogP contribution in [0.15, 0.2) is 47.3 Å². The largest absolute Gasteiger partial charge is 0.488 e. The van der Waals surface area contributed by atoms with Crippen LogP contribution in [0.3, 0.4) is 0 Å². The zero-order valence-electron chi connectivity index (χ0n) is 14.6. The fraction of sp³-hybridized carbons (Fsp3) is 0.0526. The van der Waals surface area contributed by atoms with Gasteiger partial charge in [-0.3, -0.25) is 14.9 Å². The third-order valence-corrected chi connectivity index (χ3v) is 4.22. The Bertz CT molecular complexity index is 1160. The van der Waals surface area contributed by atoms with Gasteiger partial charge in [0.05, 0.1) is 4.92 Å². The maximum absolute atomic E-state index is 11.7. The fourth-order valence-corrected chi connectivity index (χ4v) is 2.85. The predicted octanol–water partition coefficient (Wildman–Crippen LogP) is 4.44. The van der Waals surface area contributed by atoms with Gasteiger partial charge in [0.2, 0.25) is 0 Å². The van der Waals surface area contributed by atoms with Crippen LogP contribution < -0.4 is 10.3 Å². The number of aromatic nitrogens is 2. The number of aromatic amines is 1. The molecule has 0 radical (unpaired) electrons. The molecule has 2 aromatic carbocycles. The second-order valence-corrected chi connectivity index (χ2v) is 6.69. The van der Waals surface area contributed by atoms with E-state index in [4.69, 9.17) is 27.9 Å². The minimum Gasteiger partial charge on any atom is -0.488 e. The lowest BCUT2D eigenvalue weighted by Gasteiger charge is -2.10. The van der Waals surface area contributed by atoms with Gasteiger partial charge in [-0.1, -0.05) is 35.3 Å². The monoisotopic (exact) mass is 433 g/mol. The van der Waals surface area contributed by atoms with Gasteiger partial charge < -0.3 is 14.8 Å². The van der Waals surface area contributed by atoms with Gasteiger partial charge in [0.25, 0.3) is 5.88 Å². The van der Waals surface area contributed by atoms with E-state index in [0.717, 1.165) is 5.56 Å². The number of hydrogen-bond acceptors (Lipinski definition) is 6. The molecule has 3 rings (SSSR count). The van der Waals surface area contributed by atoms with Crippen LogP contribution in [0, 0.1) is 10.1 Å². The summed E-state index contributed by atoms with van der Waals surface area (Å²) in [6.07, 6.45) is 2.91. The lowest BCUT2D eigenvalue weighted by Crippen LogP contribution is -2.14. The molecule has 0 spiro atoms. The lowest BCUT2D eigenvalue weighted by molar-refractivity contribution is -0.387. The topological polar surface area (TPSA) is 118 Å². The molecule has 0 saturated carbocycles. The molecular weight excluding hydrogens is 421 g/mol. The van der Waals surface area contributed by atoms with Crippen LogP contribution in [0.2, 0.25) is 10.0 Å². The highest BCUT2D eigenvalue weighted by Gasteiger charge is 2.21. The van der Waals surface area contributed by atoms with Crippen LogP contribution in [0.4, 0.5) is 5.69 Å². The van der Waals surface area contributed by atoms with Gasteiger partial charge in [0, 0.05) is 15.6 Å². The van der Waals surface area contributed by atoms with E-state index in [2.05, 4.69) is 9.97 Å². The summed E-state index contributed by atoms with van der Waals surface area (Å²) in [5.74, 6) is -0.542. The second-order valence-electron chi connectivity index (χ2n) is 5.81. The summed E-state index contributed by atoms with van der Waals surface area (Å²) in [6.45, 7) is 0.260. The SMILES string of the molecule is O=c1[nH]c(C=Cc2cc(Cl)ccc2OCc2cccc(Cl)c2)nc(O)c1[N+](=O)[O-]. The van der Waals surface area contributed by atoms with Gasteiger partial charge in [-0.05, 0) is 48.0 Å². The van der Waals surface area contributed by atoms with Crippen LogP contribution >= 0.6 is 23.2 Å². The highest BCUT2D eigenvalue weighted by molar-refractivity contribution is 6.31. The van der Waals surface area contributed by atoms with E-state index in [1.54, 1.807) is 36.4 Å². The first-order valence-electron chi connectivity index (χ1n) is 8.16. The predicted molar refractivity (Wildman–Crippen MR) is 109 cm³/mol. The van der Waals surface area contributed by atoms with Crippen molar-refractivity contribution in [2.24, 2.45) is 0 Å². The molecule has 0 aliphatic rings. The van der Waals surface area contributed by atoms with Gasteiger partial charge in [-0.2, -0.15) is 4.98 Å². The Labute approximate surface area is 174 Å². The number of nitrogens with zero attached hydrogens (tertiary/aromatic N) is 2. The highest BCUT2D eigenvalue weighted by Crippen LogP contribution is 2.26. The number of benzene rings is 2. The Balaban J connectivity index is 1.86. The van der Waals surface area contributed by atoms with Crippen molar-refractivity contribution in [3.05, 3.63) is 89.9 Å². The molecule has 29 heavy (non-hydrogen) atoms. The van der Waals surface area contributed by atoms with Gasteiger partial charge in [0.15, 0.2) is 0 Å². The second kappa shape index (κ2) is 8.76. The number of ether oxygens (including phenoxy) is 1. The van der Waals surface area contributed by atoms with E-state index >= 15 is 0 Å². The van der Waals surface area contributed by atoms with Crippen molar-refractivity contribution in [3.8, 4) is 11.6 Å². The molecule has 0 aliphatic heterocycles. The highest BCUT2D eigenvalue weighted by atomic mass is 35.5. The quantitative estimate of drug-likeness (QED) is 0.438. The van der Waals surface area contributed by atoms with E-state index in [-0.39, 0.29) is 12.4 Å². The molecule has 8 nitrogen and oxygen atoms in total. The molecule has 2 N–H and O–H groups in total. The molecule has 0 amide bonds. The molecule has 10 heteroatoms. The van der Waals surface area contributed by atoms with Crippen molar-refractivity contribution in [2.75, 3.05) is 0 Å². The number of nitrogens with one attached hydrogen (secondary N) is 1. The molecule has 0 unspecified atom stereocenters. The van der Waals surface area contributed by atoms with Gasteiger partial charge in [0.1, 0.15) is 18.2 Å². The summed E-state index contributed by atoms with van der Waals surface area (Å²) in [7, 11) is 0. The van der Waals surface area contributed by atoms with Crippen molar-refractivity contribution in [1.82, 2.24) is 9.97 Å². The van der Waals surface area contributed by atoms with Gasteiger partial charge in [-0.15, -0.1) is 0 Å². The summed E-state index contributed by atoms with van der Waals surface area (Å²) >= 11 is 12.0. The number of nitro groups is 1. The van der Waals surface area contributed by atoms with Crippen molar-refractivity contribution < 1.29 is 14.8 Å². The molecule has 1 aromatic heterocycles. The first-order chi connectivity index (χ1) is 13.8. The van der Waals surface area contributed by atoms with E-state index in [1.807, 2.05) is 12.1 Å². The number of H-pyrrole nitrogens is 1. The summed E-state index contributed by atoms with van der Waals surface area (Å²) in [5.41, 5.74) is -0.644. The van der Waals surface area contributed by atoms with Crippen molar-refractivity contribution in [3.63, 3.8) is 0 Å². The Morgan fingerprint density at radius 2 is 1.93 bits per heavy atom. The van der Waals surface area contributed by atoms with Crippen LogP contribution in [0.25, 0.3) is 12.2 Å². The molecule has 1 heterocycles. The number of aromatic hydroxyl groups is 1. The van der Waals surface area contributed by atoms with E-state index in [9.17, 15) is 20.0 Å². The summed E-state index contributed by atoms with van der Waals surface area (Å²) < 4.78 is 5.82. The Hall–Kier alpha value is -3.36. The van der Waals surface area contributed by atoms with Crippen molar-refractivity contribution in [2.45, 2.75) is 6.61 Å². The molecular formula is C19H13Cl2N3O5. The van der Waals surface area contributed by atoms with Crippen molar-refractivity contribution >= 4 is 41.0 Å². The number of hydrogen-bond donors (Lipinski definition) is 2. The Morgan fingerprint density at radius 3 is 2.62 bits per heavy atom. The smallest absolute Gasteiger partial charge is 0.395 e. The fourth-order valence-electron chi connectivity index (χ4n) is 2.45. The Morgan fingerprint density at radius 1 is 1.17 bits per heavy atom. The summed E-state index contributed by atoms with van der Waals surface area (Å²) in [5, 5.41) is 21.4. The zero-order valence-corrected chi connectivity index (χ0v) is 16.1. The maximum atomic E-state index is 11.7. The number of rotatable bonds is 6. The molecule has 0 bridgehead atoms. The zero-order chi connectivity index (χ0) is 21.0. The van der Waals surface area contributed by atoms with E-state index in [0.29, 0.717) is 21.4 Å². The molecule has 0 atom stereocenters. The van der Waals surface area contributed by atoms with Crippen LogP contribution in [-0.4, -0.2) is 20.0 Å². The molecule has 148 valence electrons. The summed E-state index contributed by atoms with van der Waals surface area (Å²) in [6, 6.07) is 12.2. The third-order valence-electron chi connectivity index (χ3n) is 3.75. The maximum Gasteiger partial charge on any atom is 0.395 e. The Kier molecular flexibility index (Phi) is 6.16. The average Bonchev–Trinajstić information content (AvgIpc) is 2.65. The molecule has 0 saturated heterocycles. The molecule has 0 aliphatic carbocycles. The average molecular weight is 434 g/mol. The lowest BCUT2D eigenvalue weighted by atomic mass is 10.1. The molecule has 3 aromatic rings. The van der Waals surface area contributed by atoms with Gasteiger partial charge in [-0.25, -0.2) is 0 Å². The first-order valence-corrected chi connectivity index (χ1v) is 8.91. The van der Waals surface area contributed by atoms with E-state index in [1.165, 1.54) is 6.08 Å². The van der Waals surface area contributed by atoms with Crippen LogP contribution in [0.5, 0.6) is 11.6 Å². The van der Waals surface area contributed by atoms with Crippen LogP contribution in [-0.2, 0) is 6.61 Å². The van der Waals surface area contributed by atoms with E-state index < -0.39 is 22.0 Å². The molecule has 0 fully saturated rings. The van der Waals surface area contributed by atoms with Crippen molar-refractivity contribution in [1.29, 1.82) is 0 Å². The normalized spacial score (nSPS) is 11.0. The number of halogens is 2. The summed E-state index contributed by atoms with van der Waals surface area (Å²) in [4.78, 5) is 27.3. The van der Waals surface area contributed by atoms with Crippen LogP contribution in [0.1, 0.15) is 17.0 Å². The standard InChI is InChI=1S/C19H13Cl2N3O5/c20-13-3-1-2-11(8-13)10-29-15-6-5-14(21)9-12(15)4-7-16-22-18(25)17(24(27)28)19(26)23-16/h1-9H,10H2,(H2,22,23,25,26). The van der Waals surface area contributed by atoms with Gasteiger partial charge >= 0.3 is 11.2 Å². The minimum absolute atomic E-state index is 0.0705. The third kappa shape index (κ3) is 5.13. The first kappa shape index (κ1) is 20.4. The minimum atomic E-state index is -1.06.